The topological polar surface area (TPSA) is 3.24 Å². The molecule has 1 aliphatic rings. The first-order chi connectivity index (χ1) is 6.26. The predicted octanol–water partition coefficient (Wildman–Crippen LogP) is 2.82. The average molecular weight is 201 g/mol. The van der Waals surface area contributed by atoms with Gasteiger partial charge in [0, 0.05) is 6.54 Å². The minimum atomic E-state index is 0.480. The second kappa shape index (κ2) is 5.26. The molecule has 1 aliphatic heterocycles. The van der Waals surface area contributed by atoms with E-state index in [0.29, 0.717) is 5.41 Å². The third kappa shape index (κ3) is 2.88. The monoisotopic (exact) mass is 201 g/mol. The molecule has 78 valence electrons. The van der Waals surface area contributed by atoms with E-state index < -0.39 is 0 Å². The summed E-state index contributed by atoms with van der Waals surface area (Å²) in [6.07, 6.45) is 5.33. The minimum absolute atomic E-state index is 0.480. The molecule has 1 heterocycles. The quantitative estimate of drug-likeness (QED) is 0.669. The molecule has 0 N–H and O–H groups in total. The van der Waals surface area contributed by atoms with Gasteiger partial charge in [0.15, 0.2) is 0 Å². The standard InChI is InChI=1S/C11H23NS/c1-3-11(4-2,10-13)9-12-7-5-6-8-12/h13H,3-10H2,1-2H3. The van der Waals surface area contributed by atoms with E-state index in [1.165, 1.54) is 45.3 Å². The molecule has 0 bridgehead atoms. The third-order valence-corrected chi connectivity index (χ3v) is 4.26. The molecule has 0 atom stereocenters. The summed E-state index contributed by atoms with van der Waals surface area (Å²) in [7, 11) is 0. The average Bonchev–Trinajstić information content (AvgIpc) is 2.67. The van der Waals surface area contributed by atoms with Crippen LogP contribution in [0.3, 0.4) is 0 Å². The van der Waals surface area contributed by atoms with Gasteiger partial charge in [0.25, 0.3) is 0 Å². The Morgan fingerprint density at radius 1 is 1.15 bits per heavy atom. The van der Waals surface area contributed by atoms with Crippen molar-refractivity contribution >= 4 is 12.6 Å². The van der Waals surface area contributed by atoms with Crippen molar-refractivity contribution < 1.29 is 0 Å². The van der Waals surface area contributed by atoms with Crippen LogP contribution in [0.1, 0.15) is 39.5 Å². The van der Waals surface area contributed by atoms with Crippen molar-refractivity contribution in [3.63, 3.8) is 0 Å². The Balaban J connectivity index is 2.44. The van der Waals surface area contributed by atoms with E-state index in [-0.39, 0.29) is 0 Å². The fourth-order valence-electron chi connectivity index (χ4n) is 2.16. The van der Waals surface area contributed by atoms with E-state index >= 15 is 0 Å². The van der Waals surface area contributed by atoms with Crippen LogP contribution in [0.2, 0.25) is 0 Å². The summed E-state index contributed by atoms with van der Waals surface area (Å²) >= 11 is 4.51. The summed E-state index contributed by atoms with van der Waals surface area (Å²) in [6, 6.07) is 0. The van der Waals surface area contributed by atoms with Gasteiger partial charge < -0.3 is 4.90 Å². The molecule has 1 nitrogen and oxygen atoms in total. The van der Waals surface area contributed by atoms with Gasteiger partial charge >= 0.3 is 0 Å². The molecule has 0 spiro atoms. The number of rotatable bonds is 5. The highest BCUT2D eigenvalue weighted by atomic mass is 32.1. The molecule has 0 radical (unpaired) electrons. The van der Waals surface area contributed by atoms with Gasteiger partial charge in [0.1, 0.15) is 0 Å². The predicted molar refractivity (Wildman–Crippen MR) is 62.5 cm³/mol. The molecule has 1 rings (SSSR count). The molecule has 0 aliphatic carbocycles. The van der Waals surface area contributed by atoms with Crippen molar-refractivity contribution in [2.45, 2.75) is 39.5 Å². The van der Waals surface area contributed by atoms with E-state index in [9.17, 15) is 0 Å². The maximum absolute atomic E-state index is 4.51. The maximum Gasteiger partial charge on any atom is 0.00456 e. The van der Waals surface area contributed by atoms with Gasteiger partial charge in [-0.05, 0) is 49.9 Å². The summed E-state index contributed by atoms with van der Waals surface area (Å²) < 4.78 is 0. The van der Waals surface area contributed by atoms with E-state index in [0.717, 1.165) is 5.75 Å². The molecule has 0 amide bonds. The molecule has 1 saturated heterocycles. The van der Waals surface area contributed by atoms with Gasteiger partial charge in [-0.1, -0.05) is 13.8 Å². The van der Waals surface area contributed by atoms with Crippen LogP contribution in [-0.2, 0) is 0 Å². The van der Waals surface area contributed by atoms with Crippen molar-refractivity contribution in [1.82, 2.24) is 4.90 Å². The van der Waals surface area contributed by atoms with Gasteiger partial charge in [-0.2, -0.15) is 12.6 Å². The lowest BCUT2D eigenvalue weighted by Gasteiger charge is -2.34. The van der Waals surface area contributed by atoms with Crippen LogP contribution >= 0.6 is 12.6 Å². The zero-order chi connectivity index (χ0) is 9.73. The highest BCUT2D eigenvalue weighted by molar-refractivity contribution is 7.80. The summed E-state index contributed by atoms with van der Waals surface area (Å²) in [5.41, 5.74) is 0.480. The number of hydrogen-bond donors (Lipinski definition) is 1. The van der Waals surface area contributed by atoms with Crippen molar-refractivity contribution in [1.29, 1.82) is 0 Å². The van der Waals surface area contributed by atoms with E-state index in [1.807, 2.05) is 0 Å². The fourth-order valence-corrected chi connectivity index (χ4v) is 2.71. The lowest BCUT2D eigenvalue weighted by Crippen LogP contribution is -2.36. The Labute approximate surface area is 88.3 Å². The number of thiol groups is 1. The molecule has 0 saturated carbocycles. The summed E-state index contributed by atoms with van der Waals surface area (Å²) in [5.74, 6) is 1.04. The lowest BCUT2D eigenvalue weighted by atomic mass is 9.84. The van der Waals surface area contributed by atoms with Crippen LogP contribution in [-0.4, -0.2) is 30.3 Å². The first kappa shape index (κ1) is 11.4. The Bertz CT molecular complexity index is 129. The first-order valence-corrected chi connectivity index (χ1v) is 6.23. The van der Waals surface area contributed by atoms with Crippen molar-refractivity contribution in [3.05, 3.63) is 0 Å². The summed E-state index contributed by atoms with van der Waals surface area (Å²) in [4.78, 5) is 2.61. The highest BCUT2D eigenvalue weighted by Gasteiger charge is 2.28. The van der Waals surface area contributed by atoms with Crippen LogP contribution in [0.4, 0.5) is 0 Å². The molecule has 0 aromatic heterocycles. The highest BCUT2D eigenvalue weighted by Crippen LogP contribution is 2.30. The zero-order valence-electron chi connectivity index (χ0n) is 9.05. The van der Waals surface area contributed by atoms with Crippen LogP contribution in [0.5, 0.6) is 0 Å². The van der Waals surface area contributed by atoms with Crippen LogP contribution < -0.4 is 0 Å². The summed E-state index contributed by atoms with van der Waals surface area (Å²) in [5, 5.41) is 0. The Morgan fingerprint density at radius 3 is 2.08 bits per heavy atom. The van der Waals surface area contributed by atoms with Gasteiger partial charge in [-0.3, -0.25) is 0 Å². The smallest absolute Gasteiger partial charge is 0.00456 e. The van der Waals surface area contributed by atoms with Crippen molar-refractivity contribution in [2.24, 2.45) is 5.41 Å². The molecule has 0 aromatic carbocycles. The maximum atomic E-state index is 4.51. The Hall–Kier alpha value is 0.310. The first-order valence-electron chi connectivity index (χ1n) is 5.59. The van der Waals surface area contributed by atoms with Gasteiger partial charge in [-0.25, -0.2) is 0 Å². The van der Waals surface area contributed by atoms with E-state index in [4.69, 9.17) is 0 Å². The number of likely N-dealkylation sites (tertiary alicyclic amines) is 1. The largest absolute Gasteiger partial charge is 0.303 e. The second-order valence-electron chi connectivity index (χ2n) is 4.35. The van der Waals surface area contributed by atoms with Gasteiger partial charge in [0.2, 0.25) is 0 Å². The normalized spacial score (nSPS) is 19.6. The van der Waals surface area contributed by atoms with Crippen LogP contribution in [0, 0.1) is 5.41 Å². The minimum Gasteiger partial charge on any atom is -0.303 e. The fraction of sp³-hybridized carbons (Fsp3) is 1.00. The summed E-state index contributed by atoms with van der Waals surface area (Å²) in [6.45, 7) is 8.50. The Morgan fingerprint density at radius 2 is 1.69 bits per heavy atom. The number of hydrogen-bond acceptors (Lipinski definition) is 2. The molecule has 13 heavy (non-hydrogen) atoms. The van der Waals surface area contributed by atoms with Gasteiger partial charge in [-0.15, -0.1) is 0 Å². The van der Waals surface area contributed by atoms with Gasteiger partial charge in [0.05, 0.1) is 0 Å². The second-order valence-corrected chi connectivity index (χ2v) is 4.66. The molecule has 2 heteroatoms. The number of nitrogens with zero attached hydrogens (tertiary/aromatic N) is 1. The van der Waals surface area contributed by atoms with Crippen LogP contribution in [0.25, 0.3) is 0 Å². The SMILES string of the molecule is CCC(CC)(CS)CN1CCCC1. The van der Waals surface area contributed by atoms with Crippen molar-refractivity contribution in [3.8, 4) is 0 Å². The van der Waals surface area contributed by atoms with E-state index in [1.54, 1.807) is 0 Å². The van der Waals surface area contributed by atoms with E-state index in [2.05, 4.69) is 31.4 Å². The molecule has 0 aromatic rings. The van der Waals surface area contributed by atoms with Crippen LogP contribution in [0.15, 0.2) is 0 Å². The lowest BCUT2D eigenvalue weighted by molar-refractivity contribution is 0.184. The third-order valence-electron chi connectivity index (χ3n) is 3.59. The molecule has 0 unspecified atom stereocenters. The van der Waals surface area contributed by atoms with Crippen molar-refractivity contribution in [2.75, 3.05) is 25.4 Å². The molecular weight excluding hydrogens is 178 g/mol. The molecular formula is C11H23NS. The molecule has 1 fully saturated rings. The zero-order valence-corrected chi connectivity index (χ0v) is 9.95. The Kier molecular flexibility index (Phi) is 4.60.